The maximum Gasteiger partial charge on any atom is 0.322 e. The quantitative estimate of drug-likeness (QED) is 0.0343. The Morgan fingerprint density at radius 2 is 1.26 bits per heavy atom. The van der Waals surface area contributed by atoms with Gasteiger partial charge in [-0.05, 0) is 24.6 Å². The SMILES string of the molecule is Cn1cc(NC(=O)c2cc(NC(=O)c3cc(NC(=O)C(Cl)CSCC(NC(=O)CCC(N)C(=O)O)C(=O)NCC(=O)O)cn3C)cn2C)cc1C(=O)NCCC(=N)N. The molecule has 6 amide bonds. The topological polar surface area (TPSA) is 340 Å². The molecule has 3 atom stereocenters. The number of nitrogens with two attached hydrogens (primary N) is 2. The molecule has 0 saturated heterocycles. The van der Waals surface area contributed by atoms with Gasteiger partial charge in [-0.25, -0.2) is 0 Å². The van der Waals surface area contributed by atoms with Gasteiger partial charge in [0.1, 0.15) is 41.1 Å². The molecule has 3 aromatic heterocycles. The number of amides is 6. The number of hydrogen-bond donors (Lipinski definition) is 11. The third kappa shape index (κ3) is 14.0. The maximum atomic E-state index is 13.2. The first-order chi connectivity index (χ1) is 27.2. The summed E-state index contributed by atoms with van der Waals surface area (Å²) in [5, 5.41) is 39.2. The monoisotopic (exact) mass is 848 g/mol. The fourth-order valence-corrected chi connectivity index (χ4v) is 6.39. The fourth-order valence-electron chi connectivity index (χ4n) is 5.10. The number of halogens is 1. The normalized spacial score (nSPS) is 12.4. The van der Waals surface area contributed by atoms with E-state index in [0.717, 1.165) is 11.8 Å². The molecule has 0 aliphatic carbocycles. The van der Waals surface area contributed by atoms with Crippen LogP contribution in [-0.4, -0.2) is 119 Å². The standard InChI is InChI=1S/C34H45ClN12O10S/c1-45-13-18(8-23(45)31(53)39-7-6-26(37)38)42-33(55)25-10-19(14-47(25)3)43-32(54)24-9-17(12-46(24)2)41-29(51)20(35)15-58-16-22(30(52)40-11-28(49)50)44-27(48)5-4-21(36)34(56)57/h8-10,12-14,20-22H,4-7,11,15-16,36H2,1-3H3,(H3,37,38)(H,39,53)(H,40,52)(H,41,51)(H,42,55)(H,43,54)(H,44,48)(H,49,50)(H,56,57). The first kappa shape index (κ1) is 46.1. The molecule has 0 aromatic carbocycles. The van der Waals surface area contributed by atoms with Gasteiger partial charge < -0.3 is 67.3 Å². The highest BCUT2D eigenvalue weighted by atomic mass is 35.5. The van der Waals surface area contributed by atoms with Gasteiger partial charge in [-0.15, -0.1) is 11.6 Å². The first-order valence-electron chi connectivity index (χ1n) is 17.3. The van der Waals surface area contributed by atoms with Gasteiger partial charge >= 0.3 is 11.9 Å². The van der Waals surface area contributed by atoms with Crippen LogP contribution in [0.2, 0.25) is 0 Å². The van der Waals surface area contributed by atoms with Gasteiger partial charge in [0.25, 0.3) is 17.7 Å². The predicted molar refractivity (Wildman–Crippen MR) is 214 cm³/mol. The number of carbonyl (C=O) groups is 8. The van der Waals surface area contributed by atoms with Crippen LogP contribution >= 0.6 is 23.4 Å². The summed E-state index contributed by atoms with van der Waals surface area (Å²) in [6.07, 6.45) is 4.22. The number of carboxylic acids is 2. The molecular weight excluding hydrogens is 804 g/mol. The molecule has 0 aliphatic heterocycles. The van der Waals surface area contributed by atoms with Crippen LogP contribution in [0.25, 0.3) is 0 Å². The number of nitrogens with one attached hydrogen (secondary N) is 7. The first-order valence-corrected chi connectivity index (χ1v) is 18.9. The summed E-state index contributed by atoms with van der Waals surface area (Å²) in [6, 6.07) is 1.81. The Bertz CT molecular complexity index is 2060. The number of aromatic nitrogens is 3. The van der Waals surface area contributed by atoms with Crippen molar-refractivity contribution in [2.45, 2.75) is 36.7 Å². The number of alkyl halides is 1. The molecule has 0 aliphatic rings. The second-order valence-corrected chi connectivity index (χ2v) is 14.4. The number of rotatable bonds is 22. The van der Waals surface area contributed by atoms with Crippen LogP contribution in [0.5, 0.6) is 0 Å². The van der Waals surface area contributed by atoms with E-state index in [0.29, 0.717) is 5.69 Å². The molecule has 3 rings (SSSR count). The number of amidine groups is 1. The van der Waals surface area contributed by atoms with Gasteiger partial charge in [0, 0.05) is 70.6 Å². The van der Waals surface area contributed by atoms with Crippen molar-refractivity contribution in [3.8, 4) is 0 Å². The Kier molecular flexibility index (Phi) is 16.9. The van der Waals surface area contributed by atoms with Crippen molar-refractivity contribution < 1.29 is 48.6 Å². The maximum absolute atomic E-state index is 13.2. The van der Waals surface area contributed by atoms with Gasteiger partial charge in [0.2, 0.25) is 17.7 Å². The Morgan fingerprint density at radius 1 is 0.759 bits per heavy atom. The van der Waals surface area contributed by atoms with Gasteiger partial charge in [0.05, 0.1) is 22.9 Å². The lowest BCUT2D eigenvalue weighted by Crippen LogP contribution is -2.49. The van der Waals surface area contributed by atoms with E-state index in [-0.39, 0.29) is 71.6 Å². The Balaban J connectivity index is 1.56. The molecule has 24 heteroatoms. The zero-order valence-electron chi connectivity index (χ0n) is 31.6. The van der Waals surface area contributed by atoms with Crippen molar-refractivity contribution in [3.05, 3.63) is 53.9 Å². The van der Waals surface area contributed by atoms with E-state index >= 15 is 0 Å². The number of aryl methyl sites for hydroxylation is 3. The smallest absolute Gasteiger partial charge is 0.322 e. The lowest BCUT2D eigenvalue weighted by atomic mass is 10.1. The molecule has 22 nitrogen and oxygen atoms in total. The minimum absolute atomic E-state index is 0.0526. The summed E-state index contributed by atoms with van der Waals surface area (Å²) in [5.41, 5.74) is 12.2. The van der Waals surface area contributed by atoms with Crippen LogP contribution in [-0.2, 0) is 45.1 Å². The minimum Gasteiger partial charge on any atom is -0.480 e. The van der Waals surface area contributed by atoms with Crippen molar-refractivity contribution in [1.29, 1.82) is 5.41 Å². The number of nitrogens with zero attached hydrogens (tertiary/aromatic N) is 3. The van der Waals surface area contributed by atoms with Crippen molar-refractivity contribution in [1.82, 2.24) is 29.7 Å². The molecule has 0 radical (unpaired) electrons. The van der Waals surface area contributed by atoms with Crippen LogP contribution in [0.1, 0.15) is 50.7 Å². The molecule has 3 aromatic rings. The largest absolute Gasteiger partial charge is 0.480 e. The van der Waals surface area contributed by atoms with Crippen LogP contribution in [0, 0.1) is 5.41 Å². The van der Waals surface area contributed by atoms with E-state index in [4.69, 9.17) is 38.7 Å². The number of anilines is 3. The van der Waals surface area contributed by atoms with Crippen LogP contribution in [0.4, 0.5) is 17.1 Å². The highest BCUT2D eigenvalue weighted by Gasteiger charge is 2.25. The highest BCUT2D eigenvalue weighted by Crippen LogP contribution is 2.21. The average molecular weight is 849 g/mol. The van der Waals surface area contributed by atoms with E-state index in [1.165, 1.54) is 44.3 Å². The van der Waals surface area contributed by atoms with Gasteiger partial charge in [0.15, 0.2) is 0 Å². The predicted octanol–water partition coefficient (Wildman–Crippen LogP) is -0.581. The highest BCUT2D eigenvalue weighted by molar-refractivity contribution is 7.99. The second-order valence-electron chi connectivity index (χ2n) is 12.8. The van der Waals surface area contributed by atoms with Crippen molar-refractivity contribution in [2.75, 3.05) is 40.5 Å². The minimum atomic E-state index is -1.32. The molecule has 0 fully saturated rings. The molecule has 0 saturated carbocycles. The average Bonchev–Trinajstić information content (AvgIpc) is 3.83. The number of aliphatic carboxylic acids is 2. The summed E-state index contributed by atoms with van der Waals surface area (Å²) < 4.78 is 4.48. The van der Waals surface area contributed by atoms with Gasteiger partial charge in [-0.1, -0.05) is 0 Å². The van der Waals surface area contributed by atoms with E-state index in [2.05, 4.69) is 31.9 Å². The third-order valence-electron chi connectivity index (χ3n) is 8.07. The van der Waals surface area contributed by atoms with Crippen molar-refractivity contribution in [2.24, 2.45) is 32.6 Å². The van der Waals surface area contributed by atoms with E-state index in [1.807, 2.05) is 0 Å². The molecule has 314 valence electrons. The Hall–Kier alpha value is -6.33. The van der Waals surface area contributed by atoms with E-state index in [1.54, 1.807) is 27.3 Å². The number of carbonyl (C=O) groups excluding carboxylic acids is 6. The zero-order chi connectivity index (χ0) is 43.3. The number of thioether (sulfide) groups is 1. The molecule has 3 heterocycles. The third-order valence-corrected chi connectivity index (χ3v) is 9.75. The van der Waals surface area contributed by atoms with Crippen molar-refractivity contribution in [3.63, 3.8) is 0 Å². The number of carboxylic acid groups (broad SMARTS) is 2. The van der Waals surface area contributed by atoms with E-state index in [9.17, 15) is 38.4 Å². The Labute approximate surface area is 340 Å². The van der Waals surface area contributed by atoms with Crippen LogP contribution < -0.4 is 43.4 Å². The van der Waals surface area contributed by atoms with Crippen LogP contribution in [0.15, 0.2) is 36.8 Å². The van der Waals surface area contributed by atoms with Crippen molar-refractivity contribution >= 4 is 93.6 Å². The zero-order valence-corrected chi connectivity index (χ0v) is 33.2. The lowest BCUT2D eigenvalue weighted by molar-refractivity contribution is -0.139. The summed E-state index contributed by atoms with van der Waals surface area (Å²) in [7, 11) is 4.80. The van der Waals surface area contributed by atoms with Gasteiger partial charge in [-0.3, -0.25) is 43.8 Å². The molecule has 0 bridgehead atoms. The molecule has 13 N–H and O–H groups in total. The number of hydrogen-bond acceptors (Lipinski definition) is 11. The molecule has 0 spiro atoms. The summed E-state index contributed by atoms with van der Waals surface area (Å²) >= 11 is 7.32. The fraction of sp³-hybridized carbons (Fsp3) is 0.382. The molecule has 3 unspecified atom stereocenters. The summed E-state index contributed by atoms with van der Waals surface area (Å²) in [5.74, 6) is -6.52. The summed E-state index contributed by atoms with van der Waals surface area (Å²) in [4.78, 5) is 98.5. The molecule has 58 heavy (non-hydrogen) atoms. The lowest BCUT2D eigenvalue weighted by Gasteiger charge is -2.19. The molecular formula is C34H45ClN12O10S. The van der Waals surface area contributed by atoms with Crippen LogP contribution in [0.3, 0.4) is 0 Å². The second kappa shape index (κ2) is 21.3. The van der Waals surface area contributed by atoms with Gasteiger partial charge in [-0.2, -0.15) is 11.8 Å². The summed E-state index contributed by atoms with van der Waals surface area (Å²) in [6.45, 7) is -0.537. The van der Waals surface area contributed by atoms with E-state index < -0.39 is 71.4 Å². The Morgan fingerprint density at radius 3 is 1.74 bits per heavy atom.